The molecule has 2 N–H and O–H groups in total. The van der Waals surface area contributed by atoms with Crippen LogP contribution in [0.15, 0.2) is 18.2 Å². The van der Waals surface area contributed by atoms with Gasteiger partial charge < -0.3 is 10.4 Å². The van der Waals surface area contributed by atoms with Gasteiger partial charge in [0.15, 0.2) is 0 Å². The summed E-state index contributed by atoms with van der Waals surface area (Å²) < 4.78 is 0. The standard InChI is InChI=1S/C16H25NO/c1-11(2)13-6-5-12(3)14(9-13)15(17-4)16(10-18)7-8-16/h5-6,9,11,15,17-18H,7-8,10H2,1-4H3. The molecule has 1 fully saturated rings. The van der Waals surface area contributed by atoms with Crippen LogP contribution < -0.4 is 5.32 Å². The zero-order chi connectivity index (χ0) is 13.3. The van der Waals surface area contributed by atoms with Crippen LogP contribution in [0, 0.1) is 12.3 Å². The van der Waals surface area contributed by atoms with Crippen LogP contribution in [0.25, 0.3) is 0 Å². The summed E-state index contributed by atoms with van der Waals surface area (Å²) in [7, 11) is 2.00. The zero-order valence-corrected chi connectivity index (χ0v) is 12.0. The summed E-state index contributed by atoms with van der Waals surface area (Å²) >= 11 is 0. The number of rotatable bonds is 5. The maximum Gasteiger partial charge on any atom is 0.0505 e. The highest BCUT2D eigenvalue weighted by atomic mass is 16.3. The van der Waals surface area contributed by atoms with Crippen LogP contribution in [0.3, 0.4) is 0 Å². The quantitative estimate of drug-likeness (QED) is 0.837. The average molecular weight is 247 g/mol. The molecule has 1 unspecified atom stereocenters. The first-order valence-electron chi connectivity index (χ1n) is 6.92. The summed E-state index contributed by atoms with van der Waals surface area (Å²) in [6.07, 6.45) is 2.25. The van der Waals surface area contributed by atoms with Crippen LogP contribution in [0.2, 0.25) is 0 Å². The summed E-state index contributed by atoms with van der Waals surface area (Å²) in [5.74, 6) is 0.547. The maximum absolute atomic E-state index is 9.65. The molecule has 1 aliphatic carbocycles. The Labute approximate surface area is 110 Å². The first kappa shape index (κ1) is 13.6. The molecular formula is C16H25NO. The van der Waals surface area contributed by atoms with Gasteiger partial charge in [-0.3, -0.25) is 0 Å². The molecule has 2 heteroatoms. The van der Waals surface area contributed by atoms with Gasteiger partial charge in [-0.05, 0) is 49.4 Å². The highest BCUT2D eigenvalue weighted by molar-refractivity contribution is 5.37. The van der Waals surface area contributed by atoms with Crippen molar-refractivity contribution in [3.8, 4) is 0 Å². The minimum absolute atomic E-state index is 0.0785. The van der Waals surface area contributed by atoms with E-state index in [4.69, 9.17) is 0 Å². The number of hydrogen-bond acceptors (Lipinski definition) is 2. The van der Waals surface area contributed by atoms with Crippen molar-refractivity contribution in [1.82, 2.24) is 5.32 Å². The Bertz CT molecular complexity index is 421. The summed E-state index contributed by atoms with van der Waals surface area (Å²) in [6, 6.07) is 7.02. The molecule has 1 atom stereocenters. The molecule has 1 saturated carbocycles. The lowest BCUT2D eigenvalue weighted by Crippen LogP contribution is -2.29. The summed E-state index contributed by atoms with van der Waals surface area (Å²) in [5, 5.41) is 13.1. The Hall–Kier alpha value is -0.860. The number of aliphatic hydroxyl groups is 1. The molecule has 1 aliphatic rings. The van der Waals surface area contributed by atoms with E-state index in [1.165, 1.54) is 16.7 Å². The van der Waals surface area contributed by atoms with Crippen molar-refractivity contribution in [2.75, 3.05) is 13.7 Å². The normalized spacial score (nSPS) is 19.0. The second kappa shape index (κ2) is 5.02. The molecule has 18 heavy (non-hydrogen) atoms. The van der Waals surface area contributed by atoms with E-state index in [9.17, 15) is 5.11 Å². The van der Waals surface area contributed by atoms with Gasteiger partial charge in [-0.25, -0.2) is 0 Å². The Morgan fingerprint density at radius 1 is 1.33 bits per heavy atom. The SMILES string of the molecule is CNC(c1cc(C(C)C)ccc1C)C1(CO)CC1. The van der Waals surface area contributed by atoms with Crippen molar-refractivity contribution in [2.45, 2.75) is 45.6 Å². The second-order valence-corrected chi connectivity index (χ2v) is 6.01. The molecule has 0 aliphatic heterocycles. The van der Waals surface area contributed by atoms with Crippen molar-refractivity contribution in [2.24, 2.45) is 5.41 Å². The van der Waals surface area contributed by atoms with Crippen molar-refractivity contribution in [1.29, 1.82) is 0 Å². The molecule has 2 rings (SSSR count). The van der Waals surface area contributed by atoms with Crippen molar-refractivity contribution < 1.29 is 5.11 Å². The van der Waals surface area contributed by atoms with E-state index in [2.05, 4.69) is 44.3 Å². The lowest BCUT2D eigenvalue weighted by molar-refractivity contribution is 0.175. The highest BCUT2D eigenvalue weighted by Gasteiger charge is 2.49. The van der Waals surface area contributed by atoms with Gasteiger partial charge in [-0.15, -0.1) is 0 Å². The third kappa shape index (κ3) is 2.32. The van der Waals surface area contributed by atoms with Gasteiger partial charge in [0.2, 0.25) is 0 Å². The third-order valence-corrected chi connectivity index (χ3v) is 4.39. The molecule has 1 aromatic rings. The highest BCUT2D eigenvalue weighted by Crippen LogP contribution is 2.54. The molecule has 0 saturated heterocycles. The van der Waals surface area contributed by atoms with Gasteiger partial charge in [0.25, 0.3) is 0 Å². The number of hydrogen-bond donors (Lipinski definition) is 2. The van der Waals surface area contributed by atoms with Crippen molar-refractivity contribution >= 4 is 0 Å². The fraction of sp³-hybridized carbons (Fsp3) is 0.625. The van der Waals surface area contributed by atoms with E-state index in [1.54, 1.807) is 0 Å². The predicted molar refractivity (Wildman–Crippen MR) is 75.8 cm³/mol. The van der Waals surface area contributed by atoms with Crippen LogP contribution in [-0.4, -0.2) is 18.8 Å². The molecular weight excluding hydrogens is 222 g/mol. The maximum atomic E-state index is 9.65. The predicted octanol–water partition coefficient (Wildman–Crippen LogP) is 3.15. The summed E-state index contributed by atoms with van der Waals surface area (Å²) in [5.41, 5.74) is 4.13. The monoisotopic (exact) mass is 247 g/mol. The molecule has 0 radical (unpaired) electrons. The van der Waals surface area contributed by atoms with Gasteiger partial charge >= 0.3 is 0 Å². The molecule has 2 nitrogen and oxygen atoms in total. The molecule has 0 spiro atoms. The Morgan fingerprint density at radius 2 is 2.00 bits per heavy atom. The number of nitrogens with one attached hydrogen (secondary N) is 1. The summed E-state index contributed by atoms with van der Waals surface area (Å²) in [4.78, 5) is 0. The third-order valence-electron chi connectivity index (χ3n) is 4.39. The number of aliphatic hydroxyl groups excluding tert-OH is 1. The van der Waals surface area contributed by atoms with Crippen LogP contribution in [0.5, 0.6) is 0 Å². The molecule has 0 heterocycles. The first-order chi connectivity index (χ1) is 8.54. The number of benzene rings is 1. The minimum Gasteiger partial charge on any atom is -0.396 e. The Morgan fingerprint density at radius 3 is 2.44 bits per heavy atom. The largest absolute Gasteiger partial charge is 0.396 e. The average Bonchev–Trinajstić information content (AvgIpc) is 3.13. The molecule has 0 bridgehead atoms. The van der Waals surface area contributed by atoms with E-state index in [1.807, 2.05) is 7.05 Å². The fourth-order valence-corrected chi connectivity index (χ4v) is 2.82. The van der Waals surface area contributed by atoms with Gasteiger partial charge in [0.1, 0.15) is 0 Å². The van der Waals surface area contributed by atoms with Crippen molar-refractivity contribution in [3.63, 3.8) is 0 Å². The lowest BCUT2D eigenvalue weighted by Gasteiger charge is -2.27. The molecule has 100 valence electrons. The van der Waals surface area contributed by atoms with E-state index in [0.29, 0.717) is 5.92 Å². The van der Waals surface area contributed by atoms with Gasteiger partial charge in [-0.1, -0.05) is 32.0 Å². The van der Waals surface area contributed by atoms with E-state index in [0.717, 1.165) is 12.8 Å². The van der Waals surface area contributed by atoms with Crippen LogP contribution >= 0.6 is 0 Å². The summed E-state index contributed by atoms with van der Waals surface area (Å²) in [6.45, 7) is 6.89. The van der Waals surface area contributed by atoms with Crippen molar-refractivity contribution in [3.05, 3.63) is 34.9 Å². The first-order valence-corrected chi connectivity index (χ1v) is 6.92. The smallest absolute Gasteiger partial charge is 0.0505 e. The van der Waals surface area contributed by atoms with E-state index >= 15 is 0 Å². The topological polar surface area (TPSA) is 32.3 Å². The lowest BCUT2D eigenvalue weighted by atomic mass is 9.86. The van der Waals surface area contributed by atoms with Crippen LogP contribution in [0.4, 0.5) is 0 Å². The Balaban J connectivity index is 2.38. The van der Waals surface area contributed by atoms with E-state index in [-0.39, 0.29) is 18.1 Å². The van der Waals surface area contributed by atoms with Crippen LogP contribution in [-0.2, 0) is 0 Å². The van der Waals surface area contributed by atoms with Crippen LogP contribution in [0.1, 0.15) is 55.3 Å². The zero-order valence-electron chi connectivity index (χ0n) is 12.0. The van der Waals surface area contributed by atoms with E-state index < -0.39 is 0 Å². The minimum atomic E-state index is 0.0785. The number of aryl methyl sites for hydroxylation is 1. The van der Waals surface area contributed by atoms with Gasteiger partial charge in [0.05, 0.1) is 6.61 Å². The molecule has 0 aromatic heterocycles. The fourth-order valence-electron chi connectivity index (χ4n) is 2.82. The van der Waals surface area contributed by atoms with Gasteiger partial charge in [0, 0.05) is 11.5 Å². The Kier molecular flexibility index (Phi) is 3.79. The second-order valence-electron chi connectivity index (χ2n) is 6.01. The molecule has 1 aromatic carbocycles. The molecule has 0 amide bonds. The van der Waals surface area contributed by atoms with Gasteiger partial charge in [-0.2, -0.15) is 0 Å².